The molecule has 94 valence electrons. The zero-order valence-corrected chi connectivity index (χ0v) is 10.4. The Balaban J connectivity index is 2.22. The standard InChI is InChI=1S/C14H21NO2/c1-10-5-4-8-13(14(10)12(15)9-16)17-11-6-2-3-7-11/h4-5,8,11-12,16H,2-3,6-7,9,15H2,1H3. The van der Waals surface area contributed by atoms with Crippen LogP contribution in [0.1, 0.15) is 42.9 Å². The minimum atomic E-state index is -0.354. The summed E-state index contributed by atoms with van der Waals surface area (Å²) in [6.45, 7) is 1.96. The second-order valence-electron chi connectivity index (χ2n) is 4.80. The molecule has 0 bridgehead atoms. The lowest BCUT2D eigenvalue weighted by Crippen LogP contribution is -2.19. The lowest BCUT2D eigenvalue weighted by Gasteiger charge is -2.20. The summed E-state index contributed by atoms with van der Waals surface area (Å²) in [6, 6.07) is 5.59. The van der Waals surface area contributed by atoms with Crippen molar-refractivity contribution in [2.75, 3.05) is 6.61 Å². The Morgan fingerprint density at radius 3 is 2.76 bits per heavy atom. The van der Waals surface area contributed by atoms with E-state index < -0.39 is 0 Å². The number of aliphatic hydroxyl groups is 1. The molecule has 1 aliphatic rings. The number of hydrogen-bond acceptors (Lipinski definition) is 3. The molecule has 0 amide bonds. The van der Waals surface area contributed by atoms with Gasteiger partial charge in [-0.2, -0.15) is 0 Å². The largest absolute Gasteiger partial charge is 0.490 e. The molecule has 1 aromatic rings. The Labute approximate surface area is 103 Å². The third kappa shape index (κ3) is 2.79. The van der Waals surface area contributed by atoms with Crippen LogP contribution in [0.3, 0.4) is 0 Å². The van der Waals surface area contributed by atoms with Crippen molar-refractivity contribution in [1.29, 1.82) is 0 Å². The molecule has 0 heterocycles. The van der Waals surface area contributed by atoms with Crippen molar-refractivity contribution >= 4 is 0 Å². The zero-order valence-electron chi connectivity index (χ0n) is 10.4. The molecule has 3 heteroatoms. The maximum absolute atomic E-state index is 9.22. The SMILES string of the molecule is Cc1cccc(OC2CCCC2)c1C(N)CO. The molecule has 0 saturated heterocycles. The molecule has 0 spiro atoms. The van der Waals surface area contributed by atoms with Gasteiger partial charge in [0.2, 0.25) is 0 Å². The molecule has 1 saturated carbocycles. The second-order valence-corrected chi connectivity index (χ2v) is 4.80. The lowest BCUT2D eigenvalue weighted by atomic mass is 10.0. The molecule has 1 atom stereocenters. The van der Waals surface area contributed by atoms with Gasteiger partial charge in [0.15, 0.2) is 0 Å². The molecule has 0 radical (unpaired) electrons. The average Bonchev–Trinajstić information content (AvgIpc) is 2.81. The molecule has 1 aliphatic carbocycles. The molecule has 0 aliphatic heterocycles. The highest BCUT2D eigenvalue weighted by Crippen LogP contribution is 2.31. The van der Waals surface area contributed by atoms with Crippen LogP contribution in [0.5, 0.6) is 5.75 Å². The highest BCUT2D eigenvalue weighted by Gasteiger charge is 2.20. The van der Waals surface area contributed by atoms with Gasteiger partial charge in [-0.1, -0.05) is 12.1 Å². The van der Waals surface area contributed by atoms with Crippen LogP contribution in [-0.2, 0) is 0 Å². The summed E-state index contributed by atoms with van der Waals surface area (Å²) in [5.74, 6) is 0.846. The first kappa shape index (κ1) is 12.4. The molecule has 17 heavy (non-hydrogen) atoms. The predicted octanol–water partition coefficient (Wildman–Crippen LogP) is 2.31. The molecule has 1 aromatic carbocycles. The molecule has 0 aromatic heterocycles. The highest BCUT2D eigenvalue weighted by molar-refractivity contribution is 5.42. The molecule has 1 fully saturated rings. The molecule has 3 nitrogen and oxygen atoms in total. The number of aryl methyl sites for hydroxylation is 1. The number of ether oxygens (including phenoxy) is 1. The van der Waals surface area contributed by atoms with Crippen molar-refractivity contribution in [2.24, 2.45) is 5.73 Å². The number of rotatable bonds is 4. The van der Waals surface area contributed by atoms with E-state index in [1.807, 2.05) is 25.1 Å². The number of aliphatic hydroxyl groups excluding tert-OH is 1. The van der Waals surface area contributed by atoms with E-state index in [0.29, 0.717) is 6.10 Å². The topological polar surface area (TPSA) is 55.5 Å². The predicted molar refractivity (Wildman–Crippen MR) is 68.1 cm³/mol. The maximum atomic E-state index is 9.22. The molecular formula is C14H21NO2. The van der Waals surface area contributed by atoms with Gasteiger partial charge in [0.1, 0.15) is 5.75 Å². The van der Waals surface area contributed by atoms with Crippen LogP contribution < -0.4 is 10.5 Å². The van der Waals surface area contributed by atoms with Crippen LogP contribution in [0, 0.1) is 6.92 Å². The van der Waals surface area contributed by atoms with Crippen LogP contribution >= 0.6 is 0 Å². The van der Waals surface area contributed by atoms with Gasteiger partial charge >= 0.3 is 0 Å². The van der Waals surface area contributed by atoms with Gasteiger partial charge in [0, 0.05) is 5.56 Å². The van der Waals surface area contributed by atoms with E-state index in [1.54, 1.807) is 0 Å². The minimum Gasteiger partial charge on any atom is -0.490 e. The van der Waals surface area contributed by atoms with Gasteiger partial charge in [-0.05, 0) is 44.2 Å². The lowest BCUT2D eigenvalue weighted by molar-refractivity contribution is 0.202. The summed E-state index contributed by atoms with van der Waals surface area (Å²) in [5.41, 5.74) is 7.97. The zero-order chi connectivity index (χ0) is 12.3. The fourth-order valence-corrected chi connectivity index (χ4v) is 2.51. The minimum absolute atomic E-state index is 0.0497. The summed E-state index contributed by atoms with van der Waals surface area (Å²) < 4.78 is 6.02. The third-order valence-electron chi connectivity index (χ3n) is 3.45. The van der Waals surface area contributed by atoms with Crippen molar-refractivity contribution in [2.45, 2.75) is 44.8 Å². The van der Waals surface area contributed by atoms with Crippen LogP contribution in [-0.4, -0.2) is 17.8 Å². The fourth-order valence-electron chi connectivity index (χ4n) is 2.51. The average molecular weight is 235 g/mol. The van der Waals surface area contributed by atoms with Gasteiger partial charge in [-0.3, -0.25) is 0 Å². The van der Waals surface area contributed by atoms with Gasteiger partial charge in [-0.15, -0.1) is 0 Å². The van der Waals surface area contributed by atoms with E-state index in [-0.39, 0.29) is 12.6 Å². The molecule has 3 N–H and O–H groups in total. The molecule has 2 rings (SSSR count). The number of nitrogens with two attached hydrogens (primary N) is 1. The van der Waals surface area contributed by atoms with Crippen LogP contribution in [0.2, 0.25) is 0 Å². The Bertz CT molecular complexity index is 372. The van der Waals surface area contributed by atoms with Crippen LogP contribution in [0.4, 0.5) is 0 Å². The molecular weight excluding hydrogens is 214 g/mol. The summed E-state index contributed by atoms with van der Waals surface area (Å²) in [7, 11) is 0. The van der Waals surface area contributed by atoms with Crippen LogP contribution in [0.15, 0.2) is 18.2 Å². The van der Waals surface area contributed by atoms with Gasteiger partial charge in [-0.25, -0.2) is 0 Å². The first-order valence-electron chi connectivity index (χ1n) is 6.35. The summed E-state index contributed by atoms with van der Waals surface area (Å²) in [5, 5.41) is 9.22. The normalized spacial score (nSPS) is 18.3. The Morgan fingerprint density at radius 1 is 1.41 bits per heavy atom. The Morgan fingerprint density at radius 2 is 2.12 bits per heavy atom. The fraction of sp³-hybridized carbons (Fsp3) is 0.571. The van der Waals surface area contributed by atoms with Gasteiger partial charge in [0.25, 0.3) is 0 Å². The van der Waals surface area contributed by atoms with Crippen molar-refractivity contribution < 1.29 is 9.84 Å². The van der Waals surface area contributed by atoms with Crippen molar-refractivity contribution in [3.8, 4) is 5.75 Å². The van der Waals surface area contributed by atoms with E-state index >= 15 is 0 Å². The third-order valence-corrected chi connectivity index (χ3v) is 3.45. The smallest absolute Gasteiger partial charge is 0.124 e. The van der Waals surface area contributed by atoms with Crippen molar-refractivity contribution in [3.63, 3.8) is 0 Å². The van der Waals surface area contributed by atoms with E-state index in [1.165, 1.54) is 12.8 Å². The number of benzene rings is 1. The van der Waals surface area contributed by atoms with E-state index in [9.17, 15) is 5.11 Å². The first-order valence-corrected chi connectivity index (χ1v) is 6.35. The summed E-state index contributed by atoms with van der Waals surface area (Å²) in [4.78, 5) is 0. The quantitative estimate of drug-likeness (QED) is 0.842. The second kappa shape index (κ2) is 5.52. The van der Waals surface area contributed by atoms with E-state index in [2.05, 4.69) is 0 Å². The summed E-state index contributed by atoms with van der Waals surface area (Å²) >= 11 is 0. The van der Waals surface area contributed by atoms with Crippen molar-refractivity contribution in [3.05, 3.63) is 29.3 Å². The Kier molecular flexibility index (Phi) is 4.02. The summed E-state index contributed by atoms with van der Waals surface area (Å²) in [6.07, 6.45) is 5.07. The molecule has 1 unspecified atom stereocenters. The first-order chi connectivity index (χ1) is 8.22. The Hall–Kier alpha value is -1.06. The highest BCUT2D eigenvalue weighted by atomic mass is 16.5. The monoisotopic (exact) mass is 235 g/mol. The van der Waals surface area contributed by atoms with Crippen molar-refractivity contribution in [1.82, 2.24) is 0 Å². The van der Waals surface area contributed by atoms with Crippen LogP contribution in [0.25, 0.3) is 0 Å². The van der Waals surface area contributed by atoms with Gasteiger partial charge in [0.05, 0.1) is 18.8 Å². The van der Waals surface area contributed by atoms with Gasteiger partial charge < -0.3 is 15.6 Å². The number of hydrogen-bond donors (Lipinski definition) is 2. The maximum Gasteiger partial charge on any atom is 0.124 e. The van der Waals surface area contributed by atoms with E-state index in [0.717, 1.165) is 29.7 Å². The van der Waals surface area contributed by atoms with E-state index in [4.69, 9.17) is 10.5 Å².